The third-order valence-corrected chi connectivity index (χ3v) is 5.59. The normalized spacial score (nSPS) is 12.3. The Labute approximate surface area is 197 Å². The molecule has 0 fully saturated rings. The van der Waals surface area contributed by atoms with Crippen LogP contribution in [-0.2, 0) is 6.54 Å². The molecule has 0 spiro atoms. The highest BCUT2D eigenvalue weighted by molar-refractivity contribution is 6.31. The van der Waals surface area contributed by atoms with Gasteiger partial charge < -0.3 is 10.4 Å². The van der Waals surface area contributed by atoms with E-state index in [1.165, 1.54) is 30.3 Å². The highest BCUT2D eigenvalue weighted by Crippen LogP contribution is 2.34. The van der Waals surface area contributed by atoms with Crippen LogP contribution in [0.5, 0.6) is 0 Å². The van der Waals surface area contributed by atoms with Gasteiger partial charge in [0.2, 0.25) is 5.95 Å². The van der Waals surface area contributed by atoms with Crippen molar-refractivity contribution in [1.82, 2.24) is 9.97 Å². The van der Waals surface area contributed by atoms with E-state index < -0.39 is 17.6 Å². The van der Waals surface area contributed by atoms with Crippen molar-refractivity contribution in [3.63, 3.8) is 0 Å². The number of hydrogen-bond acceptors (Lipinski definition) is 5. The molecular weight excluding hydrogens is 464 g/mol. The molecule has 5 rings (SSSR count). The van der Waals surface area contributed by atoms with E-state index in [1.54, 1.807) is 36.5 Å². The van der Waals surface area contributed by atoms with Crippen LogP contribution in [0.15, 0.2) is 71.9 Å². The summed E-state index contributed by atoms with van der Waals surface area (Å²) in [7, 11) is 0. The summed E-state index contributed by atoms with van der Waals surface area (Å²) in [5.74, 6) is -2.21. The fraction of sp³-hybridized carbons (Fsp3) is 0.0400. The molecule has 2 N–H and O–H groups in total. The van der Waals surface area contributed by atoms with Crippen LogP contribution in [0.1, 0.15) is 27.0 Å². The third kappa shape index (κ3) is 3.99. The van der Waals surface area contributed by atoms with Crippen molar-refractivity contribution in [3.8, 4) is 11.3 Å². The Bertz CT molecular complexity index is 1450. The fourth-order valence-electron chi connectivity index (χ4n) is 3.75. The number of carbonyl (C=O) groups is 1. The lowest BCUT2D eigenvalue weighted by atomic mass is 9.95. The number of aromatic carboxylic acids is 1. The molecule has 0 radical (unpaired) electrons. The average molecular weight is 479 g/mol. The number of halogens is 3. The molecule has 9 heteroatoms. The number of rotatable bonds is 4. The first-order chi connectivity index (χ1) is 16.4. The maximum absolute atomic E-state index is 14.6. The number of fused-ring (bicyclic) bond motifs is 3. The molecule has 1 aliphatic rings. The number of carboxylic acid groups (broad SMARTS) is 1. The van der Waals surface area contributed by atoms with Gasteiger partial charge in [-0.15, -0.1) is 0 Å². The molecule has 0 saturated heterocycles. The van der Waals surface area contributed by atoms with Crippen LogP contribution in [0.25, 0.3) is 11.3 Å². The van der Waals surface area contributed by atoms with Crippen LogP contribution >= 0.6 is 11.6 Å². The molecule has 1 aliphatic heterocycles. The zero-order valence-electron chi connectivity index (χ0n) is 17.4. The average Bonchev–Trinajstić information content (AvgIpc) is 2.96. The van der Waals surface area contributed by atoms with Gasteiger partial charge in [0.25, 0.3) is 0 Å². The summed E-state index contributed by atoms with van der Waals surface area (Å²) >= 11 is 6.23. The predicted molar refractivity (Wildman–Crippen MR) is 125 cm³/mol. The van der Waals surface area contributed by atoms with E-state index in [0.717, 1.165) is 0 Å². The van der Waals surface area contributed by atoms with E-state index in [-0.39, 0.29) is 29.3 Å². The first kappa shape index (κ1) is 21.7. The molecule has 2 heterocycles. The first-order valence-electron chi connectivity index (χ1n) is 10.2. The topological polar surface area (TPSA) is 87.5 Å². The summed E-state index contributed by atoms with van der Waals surface area (Å²) in [5.41, 5.74) is 2.93. The SMILES string of the molecule is O=[14C](O)c1ccc(Nc2ncc3c(n2)-c2ccc(Cl)cc2C(c2c(F)cccc2F)=NC3)cc1. The fourth-order valence-corrected chi connectivity index (χ4v) is 3.92. The zero-order valence-corrected chi connectivity index (χ0v) is 18.1. The van der Waals surface area contributed by atoms with Gasteiger partial charge >= 0.3 is 5.97 Å². The van der Waals surface area contributed by atoms with Gasteiger partial charge in [0.15, 0.2) is 0 Å². The van der Waals surface area contributed by atoms with Crippen molar-refractivity contribution in [3.05, 3.63) is 106 Å². The Morgan fingerprint density at radius 2 is 1.74 bits per heavy atom. The minimum absolute atomic E-state index is 0.109. The largest absolute Gasteiger partial charge is 0.478 e. The summed E-state index contributed by atoms with van der Waals surface area (Å²) in [4.78, 5) is 24.5. The van der Waals surface area contributed by atoms with Gasteiger partial charge in [-0.05, 0) is 48.5 Å². The minimum atomic E-state index is -1.02. The Kier molecular flexibility index (Phi) is 5.51. The van der Waals surface area contributed by atoms with Gasteiger partial charge in [-0.2, -0.15) is 0 Å². The lowest BCUT2D eigenvalue weighted by Crippen LogP contribution is -2.10. The number of nitrogens with zero attached hydrogens (tertiary/aromatic N) is 3. The molecule has 4 aromatic rings. The number of anilines is 2. The van der Waals surface area contributed by atoms with Gasteiger partial charge in [-0.1, -0.05) is 23.7 Å². The van der Waals surface area contributed by atoms with Crippen molar-refractivity contribution < 1.29 is 18.7 Å². The molecule has 1 aromatic heterocycles. The minimum Gasteiger partial charge on any atom is -0.478 e. The van der Waals surface area contributed by atoms with Crippen molar-refractivity contribution in [2.45, 2.75) is 6.54 Å². The molecule has 3 aromatic carbocycles. The van der Waals surface area contributed by atoms with Crippen molar-refractivity contribution >= 4 is 34.9 Å². The lowest BCUT2D eigenvalue weighted by Gasteiger charge is -2.13. The molecule has 0 saturated carbocycles. The summed E-state index contributed by atoms with van der Waals surface area (Å²) in [6, 6.07) is 14.8. The zero-order chi connectivity index (χ0) is 23.8. The summed E-state index contributed by atoms with van der Waals surface area (Å²) in [5, 5.41) is 12.5. The molecule has 34 heavy (non-hydrogen) atoms. The maximum Gasteiger partial charge on any atom is 0.335 e. The quantitative estimate of drug-likeness (QED) is 0.383. The molecule has 168 valence electrons. The van der Waals surface area contributed by atoms with Crippen molar-refractivity contribution in [1.29, 1.82) is 0 Å². The maximum atomic E-state index is 14.6. The predicted octanol–water partition coefficient (Wildman–Crippen LogP) is 5.87. The number of hydrogen-bond donors (Lipinski definition) is 2. The van der Waals surface area contributed by atoms with Crippen LogP contribution in [0.4, 0.5) is 20.4 Å². The highest BCUT2D eigenvalue weighted by atomic mass is 35.5. The van der Waals surface area contributed by atoms with Gasteiger partial charge in [-0.3, -0.25) is 4.99 Å². The summed E-state index contributed by atoms with van der Waals surface area (Å²) in [6.07, 6.45) is 1.60. The Morgan fingerprint density at radius 1 is 1.00 bits per heavy atom. The molecule has 0 bridgehead atoms. The number of aromatic nitrogens is 2. The van der Waals surface area contributed by atoms with Gasteiger partial charge in [0.1, 0.15) is 11.6 Å². The molecule has 0 unspecified atom stereocenters. The number of nitrogens with one attached hydrogen (secondary N) is 1. The van der Waals surface area contributed by atoms with Crippen LogP contribution in [0.3, 0.4) is 0 Å². The second kappa shape index (κ2) is 8.64. The molecule has 0 amide bonds. The van der Waals surface area contributed by atoms with E-state index in [0.29, 0.717) is 33.1 Å². The number of carboxylic acids is 1. The van der Waals surface area contributed by atoms with Crippen LogP contribution in [-0.4, -0.2) is 26.8 Å². The summed E-state index contributed by atoms with van der Waals surface area (Å²) in [6.45, 7) is 0.109. The third-order valence-electron chi connectivity index (χ3n) is 5.35. The van der Waals surface area contributed by atoms with Crippen LogP contribution in [0, 0.1) is 11.6 Å². The van der Waals surface area contributed by atoms with E-state index in [1.807, 2.05) is 0 Å². The summed E-state index contributed by atoms with van der Waals surface area (Å²) < 4.78 is 29.3. The first-order valence-corrected chi connectivity index (χ1v) is 10.5. The molecule has 0 aliphatic carbocycles. The molecular formula is C25H15ClF2N4O2. The highest BCUT2D eigenvalue weighted by Gasteiger charge is 2.25. The molecule has 6 nitrogen and oxygen atoms in total. The van der Waals surface area contributed by atoms with Gasteiger partial charge in [-0.25, -0.2) is 23.5 Å². The van der Waals surface area contributed by atoms with Gasteiger partial charge in [0, 0.05) is 33.6 Å². The van der Waals surface area contributed by atoms with E-state index in [2.05, 4.69) is 20.3 Å². The second-order valence-electron chi connectivity index (χ2n) is 7.53. The number of aliphatic imine (C=N–C) groups is 1. The Hall–Kier alpha value is -4.17. The monoisotopic (exact) mass is 478 g/mol. The molecule has 0 atom stereocenters. The smallest absolute Gasteiger partial charge is 0.335 e. The van der Waals surface area contributed by atoms with Crippen LogP contribution < -0.4 is 5.32 Å². The lowest BCUT2D eigenvalue weighted by molar-refractivity contribution is 0.0697. The second-order valence-corrected chi connectivity index (χ2v) is 7.96. The van der Waals surface area contributed by atoms with E-state index in [4.69, 9.17) is 16.7 Å². The van der Waals surface area contributed by atoms with Crippen molar-refractivity contribution in [2.24, 2.45) is 4.99 Å². The van der Waals surface area contributed by atoms with E-state index in [9.17, 15) is 13.6 Å². The van der Waals surface area contributed by atoms with Gasteiger partial charge in [0.05, 0.1) is 29.1 Å². The van der Waals surface area contributed by atoms with Crippen LogP contribution in [0.2, 0.25) is 5.02 Å². The van der Waals surface area contributed by atoms with E-state index >= 15 is 0 Å². The number of benzene rings is 3. The Balaban J connectivity index is 1.59. The Morgan fingerprint density at radius 3 is 2.44 bits per heavy atom. The standard InChI is InChI=1S/C25H15ClF2N4O2/c26-15-6-9-17-18(10-15)23(21-19(27)2-1-3-20(21)28)29-11-14-12-30-25(32-22(14)17)31-16-7-4-13(5-8-16)24(33)34/h1-10,12H,11H2,(H,33,34)(H,30,31,32)/i24+2. The van der Waals surface area contributed by atoms with Crippen molar-refractivity contribution in [2.75, 3.05) is 5.32 Å².